The van der Waals surface area contributed by atoms with Crippen LogP contribution in [0.3, 0.4) is 0 Å². The highest BCUT2D eigenvalue weighted by molar-refractivity contribution is 5.39. The third-order valence-corrected chi connectivity index (χ3v) is 1.29. The Morgan fingerprint density at radius 2 is 2.33 bits per heavy atom. The van der Waals surface area contributed by atoms with Crippen LogP contribution in [0.1, 0.15) is 6.92 Å². The van der Waals surface area contributed by atoms with Gasteiger partial charge in [-0.15, -0.1) is 0 Å². The summed E-state index contributed by atoms with van der Waals surface area (Å²) in [6.07, 6.45) is 2.65. The van der Waals surface area contributed by atoms with Crippen LogP contribution >= 0.6 is 0 Å². The SMILES string of the molecule is C=C(C#N)/C(F)=C\C(=C/C)CO. The molecule has 12 heavy (non-hydrogen) atoms. The van der Waals surface area contributed by atoms with Crippen molar-refractivity contribution in [2.75, 3.05) is 6.61 Å². The lowest BCUT2D eigenvalue weighted by molar-refractivity contribution is 0.334. The van der Waals surface area contributed by atoms with Crippen molar-refractivity contribution < 1.29 is 9.50 Å². The molecule has 2 nitrogen and oxygen atoms in total. The highest BCUT2D eigenvalue weighted by atomic mass is 19.1. The molecule has 0 atom stereocenters. The second-order valence-corrected chi connectivity index (χ2v) is 2.10. The zero-order valence-electron chi connectivity index (χ0n) is 6.84. The van der Waals surface area contributed by atoms with Crippen molar-refractivity contribution in [2.45, 2.75) is 6.92 Å². The van der Waals surface area contributed by atoms with Gasteiger partial charge in [0.15, 0.2) is 0 Å². The lowest BCUT2D eigenvalue weighted by Crippen LogP contribution is -1.87. The molecule has 0 aliphatic rings. The van der Waals surface area contributed by atoms with Crippen molar-refractivity contribution in [3.8, 4) is 6.07 Å². The predicted molar refractivity (Wildman–Crippen MR) is 44.8 cm³/mol. The van der Waals surface area contributed by atoms with Crippen molar-refractivity contribution in [1.29, 1.82) is 5.26 Å². The van der Waals surface area contributed by atoms with Crippen LogP contribution in [0.15, 0.2) is 35.7 Å². The van der Waals surface area contributed by atoms with Gasteiger partial charge in [-0.25, -0.2) is 4.39 Å². The van der Waals surface area contributed by atoms with E-state index in [1.165, 1.54) is 0 Å². The number of hydrogen-bond donors (Lipinski definition) is 1. The van der Waals surface area contributed by atoms with Gasteiger partial charge in [-0.05, 0) is 18.6 Å². The van der Waals surface area contributed by atoms with E-state index in [0.717, 1.165) is 6.08 Å². The lowest BCUT2D eigenvalue weighted by atomic mass is 10.2. The molecular weight excluding hydrogens is 157 g/mol. The molecule has 0 aliphatic carbocycles. The van der Waals surface area contributed by atoms with E-state index in [9.17, 15) is 4.39 Å². The minimum atomic E-state index is -0.709. The maximum absolute atomic E-state index is 12.8. The molecule has 0 amide bonds. The van der Waals surface area contributed by atoms with Crippen LogP contribution in [0.4, 0.5) is 4.39 Å². The molecule has 0 spiro atoms. The average molecular weight is 167 g/mol. The van der Waals surface area contributed by atoms with E-state index in [4.69, 9.17) is 10.4 Å². The molecule has 0 fully saturated rings. The van der Waals surface area contributed by atoms with E-state index < -0.39 is 5.83 Å². The van der Waals surface area contributed by atoms with Crippen LogP contribution in [-0.4, -0.2) is 11.7 Å². The maximum Gasteiger partial charge on any atom is 0.140 e. The second-order valence-electron chi connectivity index (χ2n) is 2.10. The Labute approximate surface area is 70.9 Å². The monoisotopic (exact) mass is 167 g/mol. The van der Waals surface area contributed by atoms with Crippen LogP contribution in [0.25, 0.3) is 0 Å². The highest BCUT2D eigenvalue weighted by Gasteiger charge is 2.00. The average Bonchev–Trinajstić information content (AvgIpc) is 2.12. The Bertz CT molecular complexity index is 271. The van der Waals surface area contributed by atoms with Crippen LogP contribution in [0, 0.1) is 11.3 Å². The first-order valence-electron chi connectivity index (χ1n) is 3.38. The molecule has 0 aromatic rings. The first kappa shape index (κ1) is 10.6. The van der Waals surface area contributed by atoms with Gasteiger partial charge in [0.05, 0.1) is 12.2 Å². The molecule has 0 rings (SSSR count). The molecule has 0 radical (unpaired) electrons. The highest BCUT2D eigenvalue weighted by Crippen LogP contribution is 2.11. The standard InChI is InChI=1S/C9H10FNO/c1-3-8(6-12)4-9(10)7(2)5-11/h3-4,12H,2,6H2,1H3/b8-3+,9-4+. The Kier molecular flexibility index (Phi) is 4.66. The molecule has 0 aliphatic heterocycles. The van der Waals surface area contributed by atoms with E-state index >= 15 is 0 Å². The number of allylic oxidation sites excluding steroid dienone is 3. The molecule has 0 aromatic carbocycles. The summed E-state index contributed by atoms with van der Waals surface area (Å²) in [4.78, 5) is 0. The number of aliphatic hydroxyl groups is 1. The van der Waals surface area contributed by atoms with Gasteiger partial charge in [0.25, 0.3) is 0 Å². The minimum Gasteiger partial charge on any atom is -0.392 e. The van der Waals surface area contributed by atoms with Crippen molar-refractivity contribution in [1.82, 2.24) is 0 Å². The predicted octanol–water partition coefficient (Wildman–Crippen LogP) is 1.86. The van der Waals surface area contributed by atoms with Gasteiger partial charge in [-0.3, -0.25) is 0 Å². The Balaban J connectivity index is 4.58. The van der Waals surface area contributed by atoms with Gasteiger partial charge < -0.3 is 5.11 Å². The largest absolute Gasteiger partial charge is 0.392 e. The third kappa shape index (κ3) is 3.13. The minimum absolute atomic E-state index is 0.234. The summed E-state index contributed by atoms with van der Waals surface area (Å²) in [5.74, 6) is -0.709. The molecule has 0 aromatic heterocycles. The molecule has 0 saturated heterocycles. The fourth-order valence-electron chi connectivity index (χ4n) is 0.524. The molecule has 1 N–H and O–H groups in total. The Morgan fingerprint density at radius 3 is 2.67 bits per heavy atom. The van der Waals surface area contributed by atoms with Gasteiger partial charge in [-0.2, -0.15) is 5.26 Å². The summed E-state index contributed by atoms with van der Waals surface area (Å²) in [7, 11) is 0. The van der Waals surface area contributed by atoms with Crippen LogP contribution in [-0.2, 0) is 0 Å². The number of nitriles is 1. The summed E-state index contributed by atoms with van der Waals surface area (Å²) in [5.41, 5.74) is 0.187. The molecular formula is C9H10FNO. The fourth-order valence-corrected chi connectivity index (χ4v) is 0.524. The second kappa shape index (κ2) is 5.28. The topological polar surface area (TPSA) is 44.0 Å². The number of hydrogen-bond acceptors (Lipinski definition) is 2. The third-order valence-electron chi connectivity index (χ3n) is 1.29. The Morgan fingerprint density at radius 1 is 1.75 bits per heavy atom. The van der Waals surface area contributed by atoms with E-state index in [2.05, 4.69) is 6.58 Å². The number of halogens is 1. The first-order chi connectivity index (χ1) is 5.65. The van der Waals surface area contributed by atoms with Gasteiger partial charge in [0.1, 0.15) is 11.9 Å². The molecule has 64 valence electrons. The summed E-state index contributed by atoms with van der Waals surface area (Å²) in [5, 5.41) is 16.9. The van der Waals surface area contributed by atoms with Crippen LogP contribution in [0.5, 0.6) is 0 Å². The summed E-state index contributed by atoms with van der Waals surface area (Å²) < 4.78 is 12.8. The molecule has 0 unspecified atom stereocenters. The number of aliphatic hydroxyl groups excluding tert-OH is 1. The van der Waals surface area contributed by atoms with Gasteiger partial charge in [0.2, 0.25) is 0 Å². The van der Waals surface area contributed by atoms with Crippen molar-refractivity contribution in [3.63, 3.8) is 0 Å². The van der Waals surface area contributed by atoms with Crippen molar-refractivity contribution >= 4 is 0 Å². The lowest BCUT2D eigenvalue weighted by Gasteiger charge is -1.95. The quantitative estimate of drug-likeness (QED) is 0.515. The number of nitrogens with zero attached hydrogens (tertiary/aromatic N) is 1. The summed E-state index contributed by atoms with van der Waals surface area (Å²) in [6, 6.07) is 1.57. The smallest absolute Gasteiger partial charge is 0.140 e. The van der Waals surface area contributed by atoms with Crippen LogP contribution < -0.4 is 0 Å². The van der Waals surface area contributed by atoms with E-state index in [0.29, 0.717) is 5.57 Å². The number of rotatable bonds is 3. The van der Waals surface area contributed by atoms with Crippen molar-refractivity contribution in [2.24, 2.45) is 0 Å². The fraction of sp³-hybridized carbons (Fsp3) is 0.222. The normalized spacial score (nSPS) is 12.5. The van der Waals surface area contributed by atoms with Gasteiger partial charge in [-0.1, -0.05) is 12.7 Å². The van der Waals surface area contributed by atoms with E-state index in [1.54, 1.807) is 19.1 Å². The summed E-state index contributed by atoms with van der Waals surface area (Å²) >= 11 is 0. The maximum atomic E-state index is 12.8. The Hall–Kier alpha value is -1.40. The zero-order chi connectivity index (χ0) is 9.56. The molecule has 3 heteroatoms. The molecule has 0 saturated carbocycles. The molecule has 0 heterocycles. The first-order valence-corrected chi connectivity index (χ1v) is 3.38. The van der Waals surface area contributed by atoms with E-state index in [1.807, 2.05) is 0 Å². The molecule has 0 bridgehead atoms. The van der Waals surface area contributed by atoms with Crippen molar-refractivity contribution in [3.05, 3.63) is 35.7 Å². The van der Waals surface area contributed by atoms with E-state index in [-0.39, 0.29) is 12.2 Å². The van der Waals surface area contributed by atoms with Crippen LogP contribution in [0.2, 0.25) is 0 Å². The summed E-state index contributed by atoms with van der Waals surface area (Å²) in [6.45, 7) is 4.61. The van der Waals surface area contributed by atoms with Gasteiger partial charge in [0, 0.05) is 0 Å². The van der Waals surface area contributed by atoms with Gasteiger partial charge >= 0.3 is 0 Å². The zero-order valence-corrected chi connectivity index (χ0v) is 6.84.